The molecule has 0 amide bonds. The van der Waals surface area contributed by atoms with Crippen molar-refractivity contribution < 1.29 is 19.1 Å². The van der Waals surface area contributed by atoms with E-state index in [9.17, 15) is 9.59 Å². The summed E-state index contributed by atoms with van der Waals surface area (Å²) in [5.74, 6) is -0.783. The van der Waals surface area contributed by atoms with Gasteiger partial charge in [0.1, 0.15) is 0 Å². The summed E-state index contributed by atoms with van der Waals surface area (Å²) >= 11 is 0. The number of hydrogen-bond donors (Lipinski definition) is 0. The Morgan fingerprint density at radius 2 is 1.25 bits per heavy atom. The van der Waals surface area contributed by atoms with Gasteiger partial charge in [0, 0.05) is 0 Å². The normalized spacial score (nSPS) is 22.1. The molecule has 0 saturated heterocycles. The lowest BCUT2D eigenvalue weighted by molar-refractivity contribution is -0.162. The summed E-state index contributed by atoms with van der Waals surface area (Å²) in [4.78, 5) is 24.2. The first-order valence-corrected chi connectivity index (χ1v) is 7.40. The average Bonchev–Trinajstić information content (AvgIpc) is 2.42. The highest BCUT2D eigenvalue weighted by Gasteiger charge is 2.36. The van der Waals surface area contributed by atoms with Crippen LogP contribution in [0.25, 0.3) is 0 Å². The van der Waals surface area contributed by atoms with Gasteiger partial charge < -0.3 is 9.47 Å². The van der Waals surface area contributed by atoms with E-state index in [1.165, 1.54) is 0 Å². The van der Waals surface area contributed by atoms with Crippen molar-refractivity contribution in [2.45, 2.75) is 40.5 Å². The Morgan fingerprint density at radius 3 is 1.55 bits per heavy atom. The van der Waals surface area contributed by atoms with Crippen molar-refractivity contribution >= 4 is 11.9 Å². The fourth-order valence-electron chi connectivity index (χ4n) is 2.05. The third-order valence-corrected chi connectivity index (χ3v) is 3.16. The molecule has 0 aromatic carbocycles. The first-order chi connectivity index (χ1) is 9.41. The lowest BCUT2D eigenvalue weighted by atomic mass is 9.83. The summed E-state index contributed by atoms with van der Waals surface area (Å²) in [6.45, 7) is 8.75. The standard InChI is InChI=1S/C16H26O4/c1-11(2)9-19-15(17)13-7-5-6-8-14(13)16(18)20-10-12(3)4/h5-6,11-14H,7-10H2,1-4H3. The Morgan fingerprint density at radius 1 is 0.900 bits per heavy atom. The lowest BCUT2D eigenvalue weighted by Gasteiger charge is -2.25. The predicted octanol–water partition coefficient (Wildman–Crippen LogP) is 2.97. The number of allylic oxidation sites excluding steroid dienone is 2. The molecular weight excluding hydrogens is 256 g/mol. The minimum Gasteiger partial charge on any atom is -0.465 e. The van der Waals surface area contributed by atoms with Crippen LogP contribution in [0.2, 0.25) is 0 Å². The van der Waals surface area contributed by atoms with Crippen molar-refractivity contribution in [2.75, 3.05) is 13.2 Å². The van der Waals surface area contributed by atoms with Crippen LogP contribution in [0.3, 0.4) is 0 Å². The van der Waals surface area contributed by atoms with Crippen LogP contribution in [0.4, 0.5) is 0 Å². The number of hydrogen-bond acceptors (Lipinski definition) is 4. The summed E-state index contributed by atoms with van der Waals surface area (Å²) in [6, 6.07) is 0. The number of rotatable bonds is 6. The smallest absolute Gasteiger partial charge is 0.310 e. The van der Waals surface area contributed by atoms with Crippen molar-refractivity contribution in [1.82, 2.24) is 0 Å². The minimum atomic E-state index is -0.404. The van der Waals surface area contributed by atoms with E-state index in [-0.39, 0.29) is 11.9 Å². The Kier molecular flexibility index (Phi) is 6.76. The molecule has 0 fully saturated rings. The van der Waals surface area contributed by atoms with Crippen molar-refractivity contribution in [2.24, 2.45) is 23.7 Å². The zero-order chi connectivity index (χ0) is 15.1. The molecule has 0 bridgehead atoms. The second-order valence-corrected chi connectivity index (χ2v) is 6.20. The topological polar surface area (TPSA) is 52.6 Å². The fraction of sp³-hybridized carbons (Fsp3) is 0.750. The molecule has 0 aromatic rings. The van der Waals surface area contributed by atoms with E-state index >= 15 is 0 Å². The minimum absolute atomic E-state index is 0.283. The monoisotopic (exact) mass is 282 g/mol. The molecule has 1 aliphatic carbocycles. The van der Waals surface area contributed by atoms with Crippen LogP contribution in [0.1, 0.15) is 40.5 Å². The van der Waals surface area contributed by atoms with Crippen LogP contribution in [0, 0.1) is 23.7 Å². The second kappa shape index (κ2) is 8.08. The third-order valence-electron chi connectivity index (χ3n) is 3.16. The zero-order valence-electron chi connectivity index (χ0n) is 12.9. The van der Waals surface area contributed by atoms with Gasteiger partial charge in [-0.05, 0) is 24.7 Å². The Balaban J connectivity index is 2.60. The van der Waals surface area contributed by atoms with E-state index in [1.54, 1.807) is 0 Å². The molecule has 1 aliphatic rings. The molecule has 0 radical (unpaired) electrons. The highest BCUT2D eigenvalue weighted by molar-refractivity contribution is 5.82. The predicted molar refractivity (Wildman–Crippen MR) is 76.9 cm³/mol. The van der Waals surface area contributed by atoms with Crippen molar-refractivity contribution in [3.05, 3.63) is 12.2 Å². The number of carbonyl (C=O) groups is 2. The van der Waals surface area contributed by atoms with Gasteiger partial charge in [0.2, 0.25) is 0 Å². The molecule has 2 atom stereocenters. The summed E-state index contributed by atoms with van der Waals surface area (Å²) in [7, 11) is 0. The SMILES string of the molecule is CC(C)COC(=O)C1CC=CCC1C(=O)OCC(C)C. The molecule has 0 saturated carbocycles. The van der Waals surface area contributed by atoms with Crippen molar-refractivity contribution in [3.8, 4) is 0 Å². The van der Waals surface area contributed by atoms with Crippen molar-refractivity contribution in [3.63, 3.8) is 0 Å². The zero-order valence-corrected chi connectivity index (χ0v) is 12.9. The van der Waals surface area contributed by atoms with E-state index < -0.39 is 11.8 Å². The van der Waals surface area contributed by atoms with Gasteiger partial charge in [-0.2, -0.15) is 0 Å². The molecule has 0 aliphatic heterocycles. The van der Waals surface area contributed by atoms with Crippen LogP contribution in [0.5, 0.6) is 0 Å². The van der Waals surface area contributed by atoms with E-state index in [4.69, 9.17) is 9.47 Å². The van der Waals surface area contributed by atoms with Crippen LogP contribution in [-0.4, -0.2) is 25.2 Å². The van der Waals surface area contributed by atoms with Gasteiger partial charge >= 0.3 is 11.9 Å². The van der Waals surface area contributed by atoms with Gasteiger partial charge in [0.05, 0.1) is 25.0 Å². The van der Waals surface area contributed by atoms with E-state index in [2.05, 4.69) is 0 Å². The quantitative estimate of drug-likeness (QED) is 0.555. The summed E-state index contributed by atoms with van der Waals surface area (Å²) in [5.41, 5.74) is 0. The molecule has 0 N–H and O–H groups in total. The maximum Gasteiger partial charge on any atom is 0.310 e. The van der Waals surface area contributed by atoms with E-state index in [0.717, 1.165) is 0 Å². The van der Waals surface area contributed by atoms with Crippen LogP contribution < -0.4 is 0 Å². The summed E-state index contributed by atoms with van der Waals surface area (Å²) in [6.07, 6.45) is 4.98. The Bertz CT molecular complexity index is 323. The molecule has 4 heteroatoms. The molecule has 1 rings (SSSR count). The second-order valence-electron chi connectivity index (χ2n) is 6.20. The fourth-order valence-corrected chi connectivity index (χ4v) is 2.05. The number of carbonyl (C=O) groups excluding carboxylic acids is 2. The molecule has 2 unspecified atom stereocenters. The maximum absolute atomic E-state index is 12.1. The molecule has 114 valence electrons. The first-order valence-electron chi connectivity index (χ1n) is 7.40. The number of esters is 2. The van der Waals surface area contributed by atoms with Crippen LogP contribution in [-0.2, 0) is 19.1 Å². The summed E-state index contributed by atoms with van der Waals surface area (Å²) < 4.78 is 10.5. The summed E-state index contributed by atoms with van der Waals surface area (Å²) in [5, 5.41) is 0. The molecular formula is C16H26O4. The highest BCUT2D eigenvalue weighted by atomic mass is 16.5. The highest BCUT2D eigenvalue weighted by Crippen LogP contribution is 2.28. The van der Waals surface area contributed by atoms with Gasteiger partial charge in [-0.1, -0.05) is 39.8 Å². The van der Waals surface area contributed by atoms with Gasteiger partial charge in [0.25, 0.3) is 0 Å². The van der Waals surface area contributed by atoms with Crippen LogP contribution in [0.15, 0.2) is 12.2 Å². The molecule has 20 heavy (non-hydrogen) atoms. The van der Waals surface area contributed by atoms with Gasteiger partial charge in [-0.3, -0.25) is 9.59 Å². The Hall–Kier alpha value is -1.32. The van der Waals surface area contributed by atoms with Gasteiger partial charge in [-0.15, -0.1) is 0 Å². The molecule has 0 aromatic heterocycles. The van der Waals surface area contributed by atoms with Gasteiger partial charge in [-0.25, -0.2) is 0 Å². The maximum atomic E-state index is 12.1. The van der Waals surface area contributed by atoms with Crippen molar-refractivity contribution in [1.29, 1.82) is 0 Å². The number of ether oxygens (including phenoxy) is 2. The third kappa shape index (κ3) is 5.35. The Labute approximate surface area is 121 Å². The van der Waals surface area contributed by atoms with E-state index in [0.29, 0.717) is 37.9 Å². The molecule has 0 spiro atoms. The van der Waals surface area contributed by atoms with Crippen LogP contribution >= 0.6 is 0 Å². The molecule has 4 nitrogen and oxygen atoms in total. The molecule has 0 heterocycles. The average molecular weight is 282 g/mol. The largest absolute Gasteiger partial charge is 0.465 e. The van der Waals surface area contributed by atoms with Gasteiger partial charge in [0.15, 0.2) is 0 Å². The first kappa shape index (κ1) is 16.7. The lowest BCUT2D eigenvalue weighted by Crippen LogP contribution is -2.34. The van der Waals surface area contributed by atoms with E-state index in [1.807, 2.05) is 39.8 Å².